The van der Waals surface area contributed by atoms with Gasteiger partial charge >= 0.3 is 0 Å². The zero-order valence-corrected chi connectivity index (χ0v) is 19.4. The fraction of sp³-hybridized carbons (Fsp3) is 0.455. The van der Waals surface area contributed by atoms with Crippen molar-refractivity contribution >= 4 is 33.2 Å². The molecule has 2 aromatic rings. The lowest BCUT2D eigenvalue weighted by Gasteiger charge is -2.38. The van der Waals surface area contributed by atoms with Gasteiger partial charge in [-0.1, -0.05) is 30.0 Å². The van der Waals surface area contributed by atoms with E-state index in [-0.39, 0.29) is 5.75 Å². The van der Waals surface area contributed by atoms with Crippen molar-refractivity contribution in [3.05, 3.63) is 48.0 Å². The topological polar surface area (TPSA) is 90.1 Å². The minimum Gasteiger partial charge on any atom is -0.390 e. The van der Waals surface area contributed by atoms with Gasteiger partial charge in [-0.05, 0) is 36.8 Å². The molecule has 2 aromatic carbocycles. The fourth-order valence-electron chi connectivity index (χ4n) is 4.15. The van der Waals surface area contributed by atoms with Crippen LogP contribution in [0.2, 0.25) is 0 Å². The van der Waals surface area contributed by atoms with Crippen LogP contribution in [0, 0.1) is 6.92 Å². The van der Waals surface area contributed by atoms with Crippen LogP contribution >= 0.6 is 11.8 Å². The van der Waals surface area contributed by atoms with Crippen LogP contribution in [-0.4, -0.2) is 81.0 Å². The Kier molecular flexibility index (Phi) is 6.90. The summed E-state index contributed by atoms with van der Waals surface area (Å²) >= 11 is 1.77. The second-order valence-corrected chi connectivity index (χ2v) is 11.1. The predicted octanol–water partition coefficient (Wildman–Crippen LogP) is 1.86. The van der Waals surface area contributed by atoms with Gasteiger partial charge in [-0.3, -0.25) is 9.80 Å². The molecule has 168 valence electrons. The molecule has 9 heteroatoms. The molecule has 0 bridgehead atoms. The number of aryl methyl sites for hydroxylation is 1. The molecule has 31 heavy (non-hydrogen) atoms. The van der Waals surface area contributed by atoms with Gasteiger partial charge < -0.3 is 10.0 Å². The van der Waals surface area contributed by atoms with Crippen molar-refractivity contribution in [2.24, 2.45) is 5.14 Å². The van der Waals surface area contributed by atoms with Gasteiger partial charge in [0.25, 0.3) is 0 Å². The molecular weight excluding hydrogens is 432 g/mol. The molecule has 2 aliphatic heterocycles. The van der Waals surface area contributed by atoms with E-state index in [1.54, 1.807) is 11.8 Å². The highest BCUT2D eigenvalue weighted by atomic mass is 32.2. The Morgan fingerprint density at radius 3 is 2.42 bits per heavy atom. The van der Waals surface area contributed by atoms with Crippen molar-refractivity contribution < 1.29 is 13.5 Å². The number of primary sulfonamides is 1. The van der Waals surface area contributed by atoms with Crippen LogP contribution in [0.3, 0.4) is 0 Å². The van der Waals surface area contributed by atoms with E-state index in [2.05, 4.69) is 58.0 Å². The highest BCUT2D eigenvalue weighted by Crippen LogP contribution is 2.48. The van der Waals surface area contributed by atoms with E-state index in [0.717, 1.165) is 37.6 Å². The second-order valence-electron chi connectivity index (χ2n) is 8.31. The van der Waals surface area contributed by atoms with Crippen molar-refractivity contribution in [3.63, 3.8) is 0 Å². The number of fused-ring (bicyclic) bond motifs is 2. The fourth-order valence-corrected chi connectivity index (χ4v) is 5.74. The van der Waals surface area contributed by atoms with Gasteiger partial charge in [0.1, 0.15) is 0 Å². The van der Waals surface area contributed by atoms with Crippen LogP contribution < -0.4 is 10.0 Å². The first-order valence-corrected chi connectivity index (χ1v) is 13.1. The smallest absolute Gasteiger partial charge is 0.210 e. The Balaban J connectivity index is 1.38. The van der Waals surface area contributed by atoms with Gasteiger partial charge in [0.15, 0.2) is 0 Å². The molecule has 7 nitrogen and oxygen atoms in total. The average Bonchev–Trinajstić information content (AvgIpc) is 2.73. The summed E-state index contributed by atoms with van der Waals surface area (Å²) in [6.45, 7) is 6.87. The number of benzene rings is 2. The van der Waals surface area contributed by atoms with Crippen molar-refractivity contribution in [1.29, 1.82) is 0 Å². The first-order valence-electron chi connectivity index (χ1n) is 10.6. The van der Waals surface area contributed by atoms with Gasteiger partial charge in [0.2, 0.25) is 10.0 Å². The van der Waals surface area contributed by atoms with Crippen molar-refractivity contribution in [3.8, 4) is 0 Å². The summed E-state index contributed by atoms with van der Waals surface area (Å²) in [6.07, 6.45) is -0.500. The molecule has 0 spiro atoms. The Labute approximate surface area is 188 Å². The molecule has 1 atom stereocenters. The van der Waals surface area contributed by atoms with Crippen molar-refractivity contribution in [2.45, 2.75) is 22.8 Å². The largest absolute Gasteiger partial charge is 0.390 e. The Hall–Kier alpha value is -1.62. The summed E-state index contributed by atoms with van der Waals surface area (Å²) in [4.78, 5) is 9.01. The molecule has 0 saturated carbocycles. The Morgan fingerprint density at radius 1 is 1.00 bits per heavy atom. The predicted molar refractivity (Wildman–Crippen MR) is 126 cm³/mol. The molecule has 0 amide bonds. The number of hydrogen-bond acceptors (Lipinski definition) is 7. The molecule has 1 fully saturated rings. The Bertz CT molecular complexity index is 1020. The molecular formula is C22H30N4O3S2. The van der Waals surface area contributed by atoms with Gasteiger partial charge in [0.05, 0.1) is 29.8 Å². The van der Waals surface area contributed by atoms with E-state index in [1.807, 2.05) is 6.07 Å². The number of para-hydroxylation sites is 1. The molecule has 4 rings (SSSR count). The maximum Gasteiger partial charge on any atom is 0.210 e. The van der Waals surface area contributed by atoms with Gasteiger partial charge in [0, 0.05) is 49.1 Å². The summed E-state index contributed by atoms with van der Waals surface area (Å²) in [5, 5.41) is 16.1. The lowest BCUT2D eigenvalue weighted by atomic mass is 10.1. The molecule has 0 aliphatic carbocycles. The highest BCUT2D eigenvalue weighted by Gasteiger charge is 2.27. The number of piperazine rings is 1. The average molecular weight is 463 g/mol. The maximum atomic E-state index is 11.2. The summed E-state index contributed by atoms with van der Waals surface area (Å²) in [5.74, 6) is -0.0131. The van der Waals surface area contributed by atoms with E-state index in [1.165, 1.54) is 15.4 Å². The number of nitrogens with zero attached hydrogens (tertiary/aromatic N) is 3. The summed E-state index contributed by atoms with van der Waals surface area (Å²) in [7, 11) is -3.43. The third-order valence-corrected chi connectivity index (χ3v) is 7.68. The van der Waals surface area contributed by atoms with Crippen molar-refractivity contribution in [2.75, 3.05) is 56.5 Å². The number of aliphatic hydroxyl groups is 1. The van der Waals surface area contributed by atoms with Crippen LogP contribution in [0.5, 0.6) is 0 Å². The van der Waals surface area contributed by atoms with E-state index >= 15 is 0 Å². The summed E-state index contributed by atoms with van der Waals surface area (Å²) in [6, 6.07) is 14.8. The van der Waals surface area contributed by atoms with Crippen molar-refractivity contribution in [1.82, 2.24) is 9.80 Å². The first kappa shape index (κ1) is 22.6. The minimum atomic E-state index is -3.43. The lowest BCUT2D eigenvalue weighted by molar-refractivity contribution is 0.0785. The number of anilines is 2. The normalized spacial score (nSPS) is 18.5. The second kappa shape index (κ2) is 9.48. The monoisotopic (exact) mass is 462 g/mol. The standard InChI is InChI=1S/C22H30N4O3S2/c1-17-6-7-22-20(14-17)26(19-4-2-3-5-21(19)30-22)16-18(27)15-25-10-8-24(9-11-25)12-13-31(23,28)29/h2-7,14,18,27H,8-13,15-16H2,1H3,(H2,23,28,29). The van der Waals surface area contributed by atoms with Gasteiger partial charge in [-0.15, -0.1) is 0 Å². The zero-order chi connectivity index (χ0) is 22.0. The zero-order valence-electron chi connectivity index (χ0n) is 17.8. The molecule has 1 unspecified atom stereocenters. The van der Waals surface area contributed by atoms with E-state index in [4.69, 9.17) is 5.14 Å². The molecule has 0 radical (unpaired) electrons. The van der Waals surface area contributed by atoms with E-state index in [9.17, 15) is 13.5 Å². The van der Waals surface area contributed by atoms with Gasteiger partial charge in [-0.2, -0.15) is 0 Å². The summed E-state index contributed by atoms with van der Waals surface area (Å²) in [5.41, 5.74) is 3.49. The van der Waals surface area contributed by atoms with Crippen LogP contribution in [0.4, 0.5) is 11.4 Å². The molecule has 3 N–H and O–H groups in total. The third-order valence-electron chi connectivity index (χ3n) is 5.80. The summed E-state index contributed by atoms with van der Waals surface area (Å²) < 4.78 is 22.3. The van der Waals surface area contributed by atoms with E-state index in [0.29, 0.717) is 19.6 Å². The maximum absolute atomic E-state index is 11.2. The van der Waals surface area contributed by atoms with Gasteiger partial charge in [-0.25, -0.2) is 13.6 Å². The van der Waals surface area contributed by atoms with Crippen LogP contribution in [0.25, 0.3) is 0 Å². The highest BCUT2D eigenvalue weighted by molar-refractivity contribution is 7.99. The quantitative estimate of drug-likeness (QED) is 0.649. The number of rotatable bonds is 7. The molecule has 2 heterocycles. The third kappa shape index (κ3) is 5.79. The molecule has 0 aromatic heterocycles. The number of β-amino-alcohol motifs (C(OH)–C–C–N with tert-alkyl or cyclic N) is 1. The number of sulfonamides is 1. The number of nitrogens with two attached hydrogens (primary N) is 1. The van der Waals surface area contributed by atoms with E-state index < -0.39 is 16.1 Å². The first-order chi connectivity index (χ1) is 14.8. The van der Waals surface area contributed by atoms with Crippen LogP contribution in [0.1, 0.15) is 5.56 Å². The number of hydrogen-bond donors (Lipinski definition) is 2. The lowest BCUT2D eigenvalue weighted by Crippen LogP contribution is -2.50. The minimum absolute atomic E-state index is 0.0131. The number of aliphatic hydroxyl groups excluding tert-OH is 1. The SMILES string of the molecule is Cc1ccc2c(c1)N(CC(O)CN1CCN(CCS(N)(=O)=O)CC1)c1ccccc1S2. The molecule has 2 aliphatic rings. The molecule has 1 saturated heterocycles. The van der Waals surface area contributed by atoms with Crippen LogP contribution in [-0.2, 0) is 10.0 Å². The Morgan fingerprint density at radius 2 is 1.68 bits per heavy atom. The van der Waals surface area contributed by atoms with Crippen LogP contribution in [0.15, 0.2) is 52.3 Å².